The summed E-state index contributed by atoms with van der Waals surface area (Å²) in [7, 11) is -3.86. The van der Waals surface area contributed by atoms with E-state index in [1.807, 2.05) is 4.90 Å². The van der Waals surface area contributed by atoms with Crippen LogP contribution < -0.4 is 4.72 Å². The van der Waals surface area contributed by atoms with Crippen molar-refractivity contribution >= 4 is 54.9 Å². The molecule has 2 atom stereocenters. The van der Waals surface area contributed by atoms with Crippen molar-refractivity contribution in [3.05, 3.63) is 29.3 Å². The summed E-state index contributed by atoms with van der Waals surface area (Å²) in [6.45, 7) is 4.03. The number of nitrogens with zero attached hydrogens (tertiary/aromatic N) is 2. The van der Waals surface area contributed by atoms with Crippen molar-refractivity contribution in [2.75, 3.05) is 26.2 Å². The van der Waals surface area contributed by atoms with Crippen molar-refractivity contribution in [1.29, 1.82) is 0 Å². The minimum Gasteiger partial charge on any atom is -0.341 e. The lowest BCUT2D eigenvalue weighted by atomic mass is 10.00. The maximum absolute atomic E-state index is 12.9. The van der Waals surface area contributed by atoms with E-state index in [0.717, 1.165) is 40.8 Å². The highest BCUT2D eigenvalue weighted by molar-refractivity contribution is 7.91. The van der Waals surface area contributed by atoms with Gasteiger partial charge < -0.3 is 9.80 Å². The largest absolute Gasteiger partial charge is 0.341 e. The van der Waals surface area contributed by atoms with Gasteiger partial charge in [-0.05, 0) is 55.2 Å². The molecule has 1 aromatic heterocycles. The predicted molar refractivity (Wildman–Crippen MR) is 122 cm³/mol. The van der Waals surface area contributed by atoms with Crippen molar-refractivity contribution < 1.29 is 18.0 Å². The quantitative estimate of drug-likeness (QED) is 0.708. The molecule has 0 aliphatic carbocycles. The summed E-state index contributed by atoms with van der Waals surface area (Å²) in [4.78, 5) is 28.9. The lowest BCUT2D eigenvalue weighted by Gasteiger charge is -2.35. The molecule has 2 fully saturated rings. The van der Waals surface area contributed by atoms with Crippen LogP contribution in [0.4, 0.5) is 0 Å². The van der Waals surface area contributed by atoms with Gasteiger partial charge in [0.05, 0.1) is 6.54 Å². The van der Waals surface area contributed by atoms with Crippen molar-refractivity contribution in [3.8, 4) is 0 Å². The molecule has 2 unspecified atom stereocenters. The van der Waals surface area contributed by atoms with Gasteiger partial charge in [-0.25, -0.2) is 8.42 Å². The van der Waals surface area contributed by atoms with Gasteiger partial charge in [-0.3, -0.25) is 9.59 Å². The highest BCUT2D eigenvalue weighted by atomic mass is 35.5. The van der Waals surface area contributed by atoms with Crippen molar-refractivity contribution in [1.82, 2.24) is 14.5 Å². The number of thiophene rings is 1. The van der Waals surface area contributed by atoms with E-state index in [4.69, 9.17) is 11.6 Å². The standard InChI is InChI=1S/C21H26ClN3O4S2/c1-14-4-2-8-24(12-14)19(26)13-25-9-3-5-17(21(25)27)23-31(28,29)20-10-15-6-7-16(22)11-18(15)30-20/h6-7,10-11,14,17,23H,2-5,8-9,12-13H2,1H3. The van der Waals surface area contributed by atoms with E-state index in [0.29, 0.717) is 36.9 Å². The fraction of sp³-hybridized carbons (Fsp3) is 0.524. The molecule has 3 heterocycles. The summed E-state index contributed by atoms with van der Waals surface area (Å²) >= 11 is 7.12. The molecule has 31 heavy (non-hydrogen) atoms. The van der Waals surface area contributed by atoms with Gasteiger partial charge in [0.2, 0.25) is 11.8 Å². The summed E-state index contributed by atoms with van der Waals surface area (Å²) in [6, 6.07) is 5.93. The Hall–Kier alpha value is -1.68. The molecule has 1 N–H and O–H groups in total. The molecule has 2 aliphatic rings. The van der Waals surface area contributed by atoms with E-state index in [1.54, 1.807) is 24.3 Å². The Morgan fingerprint density at radius 1 is 1.23 bits per heavy atom. The summed E-state index contributed by atoms with van der Waals surface area (Å²) in [5, 5.41) is 1.32. The van der Waals surface area contributed by atoms with E-state index in [2.05, 4.69) is 11.6 Å². The topological polar surface area (TPSA) is 86.8 Å². The number of hydrogen-bond donors (Lipinski definition) is 1. The van der Waals surface area contributed by atoms with Gasteiger partial charge in [-0.2, -0.15) is 4.72 Å². The zero-order valence-corrected chi connectivity index (χ0v) is 19.7. The van der Waals surface area contributed by atoms with Crippen molar-refractivity contribution in [3.63, 3.8) is 0 Å². The number of hydrogen-bond acceptors (Lipinski definition) is 5. The van der Waals surface area contributed by atoms with E-state index in [9.17, 15) is 18.0 Å². The molecule has 1 aromatic carbocycles. The van der Waals surface area contributed by atoms with Gasteiger partial charge in [0.15, 0.2) is 0 Å². The zero-order valence-electron chi connectivity index (χ0n) is 17.3. The summed E-state index contributed by atoms with van der Waals surface area (Å²) < 4.78 is 29.3. The average molecular weight is 484 g/mol. The third kappa shape index (κ3) is 5.05. The predicted octanol–water partition coefficient (Wildman–Crippen LogP) is 3.08. The highest BCUT2D eigenvalue weighted by Gasteiger charge is 2.34. The number of benzene rings is 1. The van der Waals surface area contributed by atoms with Gasteiger partial charge in [-0.15, -0.1) is 11.3 Å². The maximum Gasteiger partial charge on any atom is 0.250 e. The monoisotopic (exact) mass is 483 g/mol. The molecule has 2 aliphatic heterocycles. The number of carbonyl (C=O) groups excluding carboxylic acids is 2. The van der Waals surface area contributed by atoms with Gasteiger partial charge >= 0.3 is 0 Å². The van der Waals surface area contributed by atoms with E-state index < -0.39 is 16.1 Å². The summed E-state index contributed by atoms with van der Waals surface area (Å²) in [5.41, 5.74) is 0. The minimum absolute atomic E-state index is 0.00513. The van der Waals surface area contributed by atoms with Crippen LogP contribution in [0.1, 0.15) is 32.6 Å². The van der Waals surface area contributed by atoms with Crippen LogP contribution in [0.25, 0.3) is 10.1 Å². The van der Waals surface area contributed by atoms with Crippen molar-refractivity contribution in [2.24, 2.45) is 5.92 Å². The Bertz CT molecular complexity index is 1100. The third-order valence-electron chi connectivity index (χ3n) is 5.89. The molecule has 10 heteroatoms. The first-order valence-corrected chi connectivity index (χ1v) is 13.2. The van der Waals surface area contributed by atoms with Crippen LogP contribution in [0.15, 0.2) is 28.5 Å². The minimum atomic E-state index is -3.86. The van der Waals surface area contributed by atoms with Crippen LogP contribution >= 0.6 is 22.9 Å². The van der Waals surface area contributed by atoms with Crippen LogP contribution in [-0.4, -0.2) is 62.3 Å². The Morgan fingerprint density at radius 2 is 2.00 bits per heavy atom. The second kappa shape index (κ2) is 9.05. The number of piperidine rings is 2. The zero-order chi connectivity index (χ0) is 22.2. The summed E-state index contributed by atoms with van der Waals surface area (Å²) in [6.07, 6.45) is 3.15. The normalized spacial score (nSPS) is 22.8. The molecule has 2 aromatic rings. The number of carbonyl (C=O) groups is 2. The van der Waals surface area contributed by atoms with E-state index in [1.165, 1.54) is 4.90 Å². The maximum atomic E-state index is 12.9. The van der Waals surface area contributed by atoms with Crippen LogP contribution in [0, 0.1) is 5.92 Å². The molecule has 168 valence electrons. The molecule has 4 rings (SSSR count). The Balaban J connectivity index is 1.44. The van der Waals surface area contributed by atoms with Gasteiger partial charge in [0, 0.05) is 29.4 Å². The van der Waals surface area contributed by atoms with Crippen LogP contribution in [0.2, 0.25) is 5.02 Å². The smallest absolute Gasteiger partial charge is 0.250 e. The van der Waals surface area contributed by atoms with E-state index >= 15 is 0 Å². The molecule has 0 spiro atoms. The number of sulfonamides is 1. The molecule has 2 saturated heterocycles. The molecule has 7 nitrogen and oxygen atoms in total. The number of fused-ring (bicyclic) bond motifs is 1. The first-order chi connectivity index (χ1) is 14.7. The molecular formula is C21H26ClN3O4S2. The van der Waals surface area contributed by atoms with Crippen LogP contribution in [-0.2, 0) is 19.6 Å². The lowest BCUT2D eigenvalue weighted by molar-refractivity contribution is -0.144. The van der Waals surface area contributed by atoms with E-state index in [-0.39, 0.29) is 22.6 Å². The number of nitrogens with one attached hydrogen (secondary N) is 1. The Kier molecular flexibility index (Phi) is 6.57. The molecule has 0 saturated carbocycles. The van der Waals surface area contributed by atoms with Gasteiger partial charge in [0.25, 0.3) is 10.0 Å². The SMILES string of the molecule is CC1CCCN(C(=O)CN2CCCC(NS(=O)(=O)c3cc4ccc(Cl)cc4s3)C2=O)C1. The third-order valence-corrected chi connectivity index (χ3v) is 9.17. The summed E-state index contributed by atoms with van der Waals surface area (Å²) in [5.74, 6) is 0.0627. The highest BCUT2D eigenvalue weighted by Crippen LogP contribution is 2.31. The Morgan fingerprint density at radius 3 is 2.77 bits per heavy atom. The number of amides is 2. The molecule has 2 amide bonds. The molecule has 0 radical (unpaired) electrons. The number of halogens is 1. The second-order valence-electron chi connectivity index (χ2n) is 8.41. The molecular weight excluding hydrogens is 458 g/mol. The average Bonchev–Trinajstić information content (AvgIpc) is 3.15. The fourth-order valence-electron chi connectivity index (χ4n) is 4.24. The molecule has 0 bridgehead atoms. The Labute approximate surface area is 191 Å². The number of likely N-dealkylation sites (tertiary alicyclic amines) is 2. The fourth-order valence-corrected chi connectivity index (χ4v) is 7.16. The van der Waals surface area contributed by atoms with Crippen LogP contribution in [0.5, 0.6) is 0 Å². The number of rotatable bonds is 5. The lowest BCUT2D eigenvalue weighted by Crippen LogP contribution is -2.55. The first-order valence-electron chi connectivity index (χ1n) is 10.5. The van der Waals surface area contributed by atoms with Gasteiger partial charge in [-0.1, -0.05) is 24.6 Å². The van der Waals surface area contributed by atoms with Crippen molar-refractivity contribution in [2.45, 2.75) is 42.9 Å². The first kappa shape index (κ1) is 22.5. The van der Waals surface area contributed by atoms with Crippen LogP contribution in [0.3, 0.4) is 0 Å². The second-order valence-corrected chi connectivity index (χ2v) is 11.9. The van der Waals surface area contributed by atoms with Gasteiger partial charge in [0.1, 0.15) is 10.3 Å².